The first-order valence-electron chi connectivity index (χ1n) is 8.36. The van der Waals surface area contributed by atoms with Crippen LogP contribution in [0.5, 0.6) is 0 Å². The Morgan fingerprint density at radius 3 is 2.28 bits per heavy atom. The molecule has 3 heteroatoms. The van der Waals surface area contributed by atoms with E-state index in [-0.39, 0.29) is 0 Å². The molecule has 6 aromatic rings. The molecule has 0 amide bonds. The summed E-state index contributed by atoms with van der Waals surface area (Å²) in [7, 11) is 0. The molecule has 0 atom stereocenters. The van der Waals surface area contributed by atoms with Gasteiger partial charge in [-0.15, -0.1) is 0 Å². The minimum Gasteiger partial charge on any atom is -0.290 e. The van der Waals surface area contributed by atoms with Gasteiger partial charge in [0.05, 0.1) is 22.1 Å². The molecule has 0 saturated carbocycles. The topological polar surface area (TPSA) is 30.2 Å². The Bertz CT molecular complexity index is 1440. The normalized spacial score (nSPS) is 12.0. The highest BCUT2D eigenvalue weighted by Gasteiger charge is 2.14. The summed E-state index contributed by atoms with van der Waals surface area (Å²) in [4.78, 5) is 9.64. The van der Waals surface area contributed by atoms with Crippen molar-refractivity contribution in [2.24, 2.45) is 0 Å². The van der Waals surface area contributed by atoms with Gasteiger partial charge in [-0.2, -0.15) is 0 Å². The van der Waals surface area contributed by atoms with E-state index in [0.29, 0.717) is 0 Å². The second-order valence-electron chi connectivity index (χ2n) is 6.38. The maximum Gasteiger partial charge on any atom is 0.146 e. The molecule has 3 aromatic carbocycles. The quantitative estimate of drug-likeness (QED) is 0.279. The predicted octanol–water partition coefficient (Wildman–Crippen LogP) is 5.34. The van der Waals surface area contributed by atoms with E-state index >= 15 is 0 Å². The van der Waals surface area contributed by atoms with Gasteiger partial charge in [0.15, 0.2) is 0 Å². The summed E-state index contributed by atoms with van der Waals surface area (Å²) in [5, 5.41) is 4.74. The fourth-order valence-corrected chi connectivity index (χ4v) is 3.86. The third kappa shape index (κ3) is 1.64. The maximum absolute atomic E-state index is 4.94. The van der Waals surface area contributed by atoms with Crippen molar-refractivity contribution in [3.05, 3.63) is 79.0 Å². The Hall–Kier alpha value is -3.46. The number of hydrogen-bond acceptors (Lipinski definition) is 2. The zero-order valence-electron chi connectivity index (χ0n) is 13.3. The minimum atomic E-state index is 0.988. The maximum atomic E-state index is 4.94. The van der Waals surface area contributed by atoms with Crippen molar-refractivity contribution in [1.82, 2.24) is 14.4 Å². The number of imidazole rings is 1. The lowest BCUT2D eigenvalue weighted by atomic mass is 10.0. The smallest absolute Gasteiger partial charge is 0.146 e. The van der Waals surface area contributed by atoms with Gasteiger partial charge >= 0.3 is 0 Å². The Labute approximate surface area is 143 Å². The standard InChI is InChI=1S/C22H13N3/c1-2-7-15-13-17-16(12-14(15)6-1)21-20(10-5-11-23-21)25-19-9-4-3-8-18(19)24-22(17)25/h1-13H. The van der Waals surface area contributed by atoms with E-state index in [0.717, 1.165) is 38.5 Å². The number of benzene rings is 3. The highest BCUT2D eigenvalue weighted by atomic mass is 15.0. The lowest BCUT2D eigenvalue weighted by molar-refractivity contribution is 1.29. The largest absolute Gasteiger partial charge is 0.290 e. The van der Waals surface area contributed by atoms with Crippen molar-refractivity contribution in [2.75, 3.05) is 0 Å². The van der Waals surface area contributed by atoms with E-state index in [1.54, 1.807) is 0 Å². The molecule has 6 rings (SSSR count). The van der Waals surface area contributed by atoms with E-state index in [4.69, 9.17) is 9.97 Å². The van der Waals surface area contributed by atoms with Gasteiger partial charge in [0.2, 0.25) is 0 Å². The van der Waals surface area contributed by atoms with E-state index in [2.05, 4.69) is 65.1 Å². The molecule has 0 N–H and O–H groups in total. The third-order valence-corrected chi connectivity index (χ3v) is 4.97. The minimum absolute atomic E-state index is 0.988. The van der Waals surface area contributed by atoms with Gasteiger partial charge in [0.25, 0.3) is 0 Å². The summed E-state index contributed by atoms with van der Waals surface area (Å²) in [6.07, 6.45) is 1.86. The SMILES string of the molecule is c1ccc2cc3c(cc2c1)c1ncccc1n1c2ccccc2nc31. The zero-order chi connectivity index (χ0) is 16.4. The summed E-state index contributed by atoms with van der Waals surface area (Å²) in [6, 6.07) is 25.3. The molecule has 3 heterocycles. The summed E-state index contributed by atoms with van der Waals surface area (Å²) < 4.78 is 2.23. The van der Waals surface area contributed by atoms with E-state index in [1.165, 1.54) is 10.8 Å². The number of aromatic nitrogens is 3. The van der Waals surface area contributed by atoms with Crippen LogP contribution < -0.4 is 0 Å². The van der Waals surface area contributed by atoms with Gasteiger partial charge in [-0.05, 0) is 47.2 Å². The number of hydrogen-bond donors (Lipinski definition) is 0. The predicted molar refractivity (Wildman–Crippen MR) is 103 cm³/mol. The van der Waals surface area contributed by atoms with Crippen LogP contribution in [0.25, 0.3) is 49.3 Å². The van der Waals surface area contributed by atoms with Crippen LogP contribution in [0.4, 0.5) is 0 Å². The molecule has 3 nitrogen and oxygen atoms in total. The first-order valence-corrected chi connectivity index (χ1v) is 8.36. The molecule has 25 heavy (non-hydrogen) atoms. The van der Waals surface area contributed by atoms with Crippen LogP contribution in [0.1, 0.15) is 0 Å². The van der Waals surface area contributed by atoms with Crippen LogP contribution in [-0.2, 0) is 0 Å². The van der Waals surface area contributed by atoms with Crippen LogP contribution in [0.3, 0.4) is 0 Å². The number of nitrogens with zero attached hydrogens (tertiary/aromatic N) is 3. The van der Waals surface area contributed by atoms with Crippen LogP contribution in [0, 0.1) is 0 Å². The molecule has 0 bridgehead atoms. The highest BCUT2D eigenvalue weighted by Crippen LogP contribution is 2.33. The molecule has 0 spiro atoms. The fraction of sp³-hybridized carbons (Fsp3) is 0. The van der Waals surface area contributed by atoms with E-state index in [1.807, 2.05) is 18.3 Å². The number of para-hydroxylation sites is 2. The number of fused-ring (bicyclic) bond motifs is 9. The molecule has 0 radical (unpaired) electrons. The molecule has 0 aliphatic carbocycles. The lowest BCUT2D eigenvalue weighted by Crippen LogP contribution is -1.93. The molecule has 0 unspecified atom stereocenters. The average molecular weight is 319 g/mol. The van der Waals surface area contributed by atoms with E-state index in [9.17, 15) is 0 Å². The number of pyridine rings is 2. The summed E-state index contributed by atoms with van der Waals surface area (Å²) in [6.45, 7) is 0. The first-order chi connectivity index (χ1) is 12.4. The molecule has 0 aliphatic heterocycles. The van der Waals surface area contributed by atoms with Crippen LogP contribution in [0.2, 0.25) is 0 Å². The number of rotatable bonds is 0. The van der Waals surface area contributed by atoms with Crippen molar-refractivity contribution in [3.8, 4) is 0 Å². The van der Waals surface area contributed by atoms with Gasteiger partial charge in [0, 0.05) is 17.0 Å². The summed E-state index contributed by atoms with van der Waals surface area (Å²) in [5.74, 6) is 0. The monoisotopic (exact) mass is 319 g/mol. The lowest BCUT2D eigenvalue weighted by Gasteiger charge is -2.09. The molecule has 0 aliphatic rings. The second-order valence-corrected chi connectivity index (χ2v) is 6.38. The van der Waals surface area contributed by atoms with Crippen molar-refractivity contribution in [2.45, 2.75) is 0 Å². The van der Waals surface area contributed by atoms with Crippen LogP contribution in [-0.4, -0.2) is 14.4 Å². The zero-order valence-corrected chi connectivity index (χ0v) is 13.3. The Morgan fingerprint density at radius 1 is 0.680 bits per heavy atom. The second kappa shape index (κ2) is 4.54. The molecular formula is C22H13N3. The van der Waals surface area contributed by atoms with Gasteiger partial charge < -0.3 is 0 Å². The van der Waals surface area contributed by atoms with Gasteiger partial charge in [0.1, 0.15) is 5.65 Å². The van der Waals surface area contributed by atoms with Gasteiger partial charge in [-0.25, -0.2) is 4.98 Å². The van der Waals surface area contributed by atoms with Gasteiger partial charge in [-0.1, -0.05) is 36.4 Å². The molecule has 0 saturated heterocycles. The van der Waals surface area contributed by atoms with Crippen LogP contribution >= 0.6 is 0 Å². The Balaban J connectivity index is 2.01. The molecule has 116 valence electrons. The van der Waals surface area contributed by atoms with E-state index < -0.39 is 0 Å². The van der Waals surface area contributed by atoms with Crippen LogP contribution in [0.15, 0.2) is 79.0 Å². The van der Waals surface area contributed by atoms with Crippen molar-refractivity contribution in [1.29, 1.82) is 0 Å². The molecular weight excluding hydrogens is 306 g/mol. The third-order valence-electron chi connectivity index (χ3n) is 4.97. The fourth-order valence-electron chi connectivity index (χ4n) is 3.86. The molecule has 3 aromatic heterocycles. The van der Waals surface area contributed by atoms with Crippen molar-refractivity contribution >= 4 is 49.3 Å². The summed E-state index contributed by atoms with van der Waals surface area (Å²) in [5.41, 5.74) is 5.22. The van der Waals surface area contributed by atoms with Crippen molar-refractivity contribution < 1.29 is 0 Å². The summed E-state index contributed by atoms with van der Waals surface area (Å²) >= 11 is 0. The molecule has 0 fully saturated rings. The highest BCUT2D eigenvalue weighted by molar-refractivity contribution is 6.16. The Morgan fingerprint density at radius 2 is 1.40 bits per heavy atom. The first kappa shape index (κ1) is 12.9. The Kier molecular flexibility index (Phi) is 2.35. The van der Waals surface area contributed by atoms with Crippen molar-refractivity contribution in [3.63, 3.8) is 0 Å². The van der Waals surface area contributed by atoms with Gasteiger partial charge in [-0.3, -0.25) is 9.38 Å². The average Bonchev–Trinajstić information content (AvgIpc) is 3.07.